The number of H-pyrrole nitrogens is 1. The molecular formula is C16H18FN3O. The quantitative estimate of drug-likeness (QED) is 0.941. The van der Waals surface area contributed by atoms with E-state index in [-0.39, 0.29) is 17.3 Å². The van der Waals surface area contributed by atoms with Crippen molar-refractivity contribution in [2.45, 2.75) is 25.8 Å². The van der Waals surface area contributed by atoms with Crippen LogP contribution in [-0.4, -0.2) is 28.0 Å². The molecule has 3 rings (SSSR count). The van der Waals surface area contributed by atoms with E-state index in [0.717, 1.165) is 43.1 Å². The van der Waals surface area contributed by atoms with Crippen LogP contribution in [0.5, 0.6) is 0 Å². The second kappa shape index (κ2) is 5.77. The van der Waals surface area contributed by atoms with Crippen LogP contribution in [0.2, 0.25) is 0 Å². The number of nitrogens with zero attached hydrogens (tertiary/aromatic N) is 2. The topological polar surface area (TPSA) is 49.0 Å². The van der Waals surface area contributed by atoms with Gasteiger partial charge in [0.15, 0.2) is 0 Å². The van der Waals surface area contributed by atoms with Gasteiger partial charge < -0.3 is 4.98 Å². The molecule has 1 aliphatic rings. The van der Waals surface area contributed by atoms with Crippen molar-refractivity contribution in [2.24, 2.45) is 0 Å². The van der Waals surface area contributed by atoms with Gasteiger partial charge in [0.2, 0.25) is 0 Å². The molecule has 2 aromatic rings. The van der Waals surface area contributed by atoms with Gasteiger partial charge in [0.05, 0.1) is 0 Å². The zero-order chi connectivity index (χ0) is 14.8. The van der Waals surface area contributed by atoms with Crippen LogP contribution in [0, 0.1) is 12.7 Å². The molecule has 0 radical (unpaired) electrons. The Hall–Kier alpha value is -2.01. The minimum Gasteiger partial charge on any atom is -0.310 e. The van der Waals surface area contributed by atoms with Crippen LogP contribution in [-0.2, 0) is 6.54 Å². The number of hydrogen-bond donors (Lipinski definition) is 1. The molecule has 0 saturated carbocycles. The van der Waals surface area contributed by atoms with Gasteiger partial charge in [-0.1, -0.05) is 12.1 Å². The van der Waals surface area contributed by atoms with Crippen molar-refractivity contribution < 1.29 is 4.39 Å². The summed E-state index contributed by atoms with van der Waals surface area (Å²) in [5, 5.41) is 0. The number of benzene rings is 1. The monoisotopic (exact) mass is 287 g/mol. The third-order valence-corrected chi connectivity index (χ3v) is 3.84. The Kier molecular flexibility index (Phi) is 3.84. The highest BCUT2D eigenvalue weighted by Gasteiger charge is 2.25. The van der Waals surface area contributed by atoms with Gasteiger partial charge in [0.25, 0.3) is 5.56 Å². The SMILES string of the molecule is Cc1cc(=O)[nH]c(C2CCN(Cc3cccc(F)c3)C2)n1. The summed E-state index contributed by atoms with van der Waals surface area (Å²) < 4.78 is 13.2. The predicted octanol–water partition coefficient (Wildman–Crippen LogP) is 2.21. The third kappa shape index (κ3) is 3.36. The zero-order valence-corrected chi connectivity index (χ0v) is 12.0. The summed E-state index contributed by atoms with van der Waals surface area (Å²) in [7, 11) is 0. The van der Waals surface area contributed by atoms with Gasteiger partial charge in [-0.05, 0) is 37.6 Å². The molecule has 1 aliphatic heterocycles. The lowest BCUT2D eigenvalue weighted by Crippen LogP contribution is -2.21. The maximum atomic E-state index is 13.2. The van der Waals surface area contributed by atoms with E-state index >= 15 is 0 Å². The van der Waals surface area contributed by atoms with Gasteiger partial charge in [-0.2, -0.15) is 0 Å². The number of aromatic amines is 1. The number of rotatable bonds is 3. The van der Waals surface area contributed by atoms with Gasteiger partial charge in [0.1, 0.15) is 11.6 Å². The smallest absolute Gasteiger partial charge is 0.251 e. The summed E-state index contributed by atoms with van der Waals surface area (Å²) in [5.74, 6) is 0.806. The molecule has 1 aromatic carbocycles. The van der Waals surface area contributed by atoms with E-state index in [9.17, 15) is 9.18 Å². The number of likely N-dealkylation sites (tertiary alicyclic amines) is 1. The fourth-order valence-corrected chi connectivity index (χ4v) is 2.89. The molecule has 1 atom stereocenters. The summed E-state index contributed by atoms with van der Waals surface area (Å²) in [4.78, 5) is 21.1. The van der Waals surface area contributed by atoms with Crippen molar-refractivity contribution in [3.05, 3.63) is 63.6 Å². The number of nitrogens with one attached hydrogen (secondary N) is 1. The fraction of sp³-hybridized carbons (Fsp3) is 0.375. The average Bonchev–Trinajstić information content (AvgIpc) is 2.86. The normalized spacial score (nSPS) is 19.0. The van der Waals surface area contributed by atoms with E-state index < -0.39 is 0 Å². The van der Waals surface area contributed by atoms with E-state index in [0.29, 0.717) is 0 Å². The van der Waals surface area contributed by atoms with E-state index in [1.165, 1.54) is 12.1 Å². The molecule has 4 nitrogen and oxygen atoms in total. The zero-order valence-electron chi connectivity index (χ0n) is 12.0. The number of aromatic nitrogens is 2. The first-order chi connectivity index (χ1) is 10.1. The maximum Gasteiger partial charge on any atom is 0.251 e. The second-order valence-electron chi connectivity index (χ2n) is 5.62. The largest absolute Gasteiger partial charge is 0.310 e. The standard InChI is InChI=1S/C16H18FN3O/c1-11-7-15(21)19-16(18-11)13-5-6-20(10-13)9-12-3-2-4-14(17)8-12/h2-4,7-8,13H,5-6,9-10H2,1H3,(H,18,19,21). The minimum atomic E-state index is -0.201. The van der Waals surface area contributed by atoms with Crippen LogP contribution in [0.1, 0.15) is 29.4 Å². The summed E-state index contributed by atoms with van der Waals surface area (Å²) >= 11 is 0. The number of halogens is 1. The Morgan fingerprint density at radius 3 is 3.05 bits per heavy atom. The van der Waals surface area contributed by atoms with Crippen molar-refractivity contribution in [3.8, 4) is 0 Å². The summed E-state index contributed by atoms with van der Waals surface area (Å²) in [5.41, 5.74) is 1.62. The fourth-order valence-electron chi connectivity index (χ4n) is 2.89. The number of aryl methyl sites for hydroxylation is 1. The van der Waals surface area contributed by atoms with Gasteiger partial charge in [-0.15, -0.1) is 0 Å². The molecule has 21 heavy (non-hydrogen) atoms. The summed E-state index contributed by atoms with van der Waals surface area (Å²) in [6.07, 6.45) is 0.960. The molecule has 1 saturated heterocycles. The first kappa shape index (κ1) is 13.9. The lowest BCUT2D eigenvalue weighted by molar-refractivity contribution is 0.325. The van der Waals surface area contributed by atoms with E-state index in [1.807, 2.05) is 13.0 Å². The Morgan fingerprint density at radius 1 is 1.43 bits per heavy atom. The Bertz CT molecular complexity index is 698. The lowest BCUT2D eigenvalue weighted by atomic mass is 10.1. The molecule has 110 valence electrons. The molecule has 1 unspecified atom stereocenters. The highest BCUT2D eigenvalue weighted by molar-refractivity contribution is 5.17. The Labute approximate surface area is 122 Å². The van der Waals surface area contributed by atoms with E-state index in [4.69, 9.17) is 0 Å². The molecule has 0 spiro atoms. The highest BCUT2D eigenvalue weighted by atomic mass is 19.1. The van der Waals surface area contributed by atoms with Crippen molar-refractivity contribution in [3.63, 3.8) is 0 Å². The van der Waals surface area contributed by atoms with Crippen LogP contribution in [0.3, 0.4) is 0 Å². The third-order valence-electron chi connectivity index (χ3n) is 3.84. The second-order valence-corrected chi connectivity index (χ2v) is 5.62. The minimum absolute atomic E-state index is 0.0962. The first-order valence-electron chi connectivity index (χ1n) is 7.15. The predicted molar refractivity (Wildman–Crippen MR) is 78.6 cm³/mol. The van der Waals surface area contributed by atoms with Crippen molar-refractivity contribution in [2.75, 3.05) is 13.1 Å². The van der Waals surface area contributed by atoms with Crippen LogP contribution in [0.4, 0.5) is 4.39 Å². The van der Waals surface area contributed by atoms with Gasteiger partial charge in [0, 0.05) is 30.8 Å². The molecule has 1 aromatic heterocycles. The lowest BCUT2D eigenvalue weighted by Gasteiger charge is -2.16. The van der Waals surface area contributed by atoms with Crippen LogP contribution >= 0.6 is 0 Å². The molecule has 0 bridgehead atoms. The van der Waals surface area contributed by atoms with Gasteiger partial charge in [-0.25, -0.2) is 9.37 Å². The maximum absolute atomic E-state index is 13.2. The van der Waals surface area contributed by atoms with Gasteiger partial charge >= 0.3 is 0 Å². The summed E-state index contributed by atoms with van der Waals surface area (Å²) in [6.45, 7) is 4.32. The molecule has 2 heterocycles. The molecule has 0 aliphatic carbocycles. The first-order valence-corrected chi connectivity index (χ1v) is 7.15. The number of hydrogen-bond acceptors (Lipinski definition) is 3. The average molecular weight is 287 g/mol. The molecule has 1 fully saturated rings. The Balaban J connectivity index is 1.69. The van der Waals surface area contributed by atoms with E-state index in [1.54, 1.807) is 12.1 Å². The highest BCUT2D eigenvalue weighted by Crippen LogP contribution is 2.25. The van der Waals surface area contributed by atoms with Gasteiger partial charge in [-0.3, -0.25) is 9.69 Å². The Morgan fingerprint density at radius 2 is 2.29 bits per heavy atom. The molecular weight excluding hydrogens is 269 g/mol. The van der Waals surface area contributed by atoms with Crippen molar-refractivity contribution >= 4 is 0 Å². The van der Waals surface area contributed by atoms with Crippen molar-refractivity contribution in [1.82, 2.24) is 14.9 Å². The molecule has 1 N–H and O–H groups in total. The van der Waals surface area contributed by atoms with Crippen molar-refractivity contribution in [1.29, 1.82) is 0 Å². The van der Waals surface area contributed by atoms with Crippen LogP contribution < -0.4 is 5.56 Å². The summed E-state index contributed by atoms with van der Waals surface area (Å²) in [6, 6.07) is 8.20. The van der Waals surface area contributed by atoms with E-state index in [2.05, 4.69) is 14.9 Å². The van der Waals surface area contributed by atoms with Crippen LogP contribution in [0.15, 0.2) is 35.1 Å². The van der Waals surface area contributed by atoms with Crippen LogP contribution in [0.25, 0.3) is 0 Å². The molecule has 0 amide bonds. The molecule has 5 heteroatoms.